The van der Waals surface area contributed by atoms with Gasteiger partial charge in [-0.3, -0.25) is 4.79 Å². The van der Waals surface area contributed by atoms with E-state index in [1.807, 2.05) is 5.38 Å². The molecular formula is C13H18Br2OS. The maximum Gasteiger partial charge on any atom is 0.173 e. The van der Waals surface area contributed by atoms with Crippen molar-refractivity contribution in [3.8, 4) is 0 Å². The smallest absolute Gasteiger partial charge is 0.173 e. The summed E-state index contributed by atoms with van der Waals surface area (Å²) >= 11 is 8.36. The van der Waals surface area contributed by atoms with E-state index in [2.05, 4.69) is 38.8 Å². The Balaban J connectivity index is 2.24. The van der Waals surface area contributed by atoms with Gasteiger partial charge in [-0.25, -0.2) is 0 Å². The van der Waals surface area contributed by atoms with Crippen LogP contribution in [0.1, 0.15) is 61.5 Å². The molecule has 0 aliphatic heterocycles. The van der Waals surface area contributed by atoms with Crippen LogP contribution in [0.25, 0.3) is 0 Å². The van der Waals surface area contributed by atoms with Crippen molar-refractivity contribution in [1.29, 1.82) is 0 Å². The zero-order valence-corrected chi connectivity index (χ0v) is 14.1. The van der Waals surface area contributed by atoms with Gasteiger partial charge in [-0.15, -0.1) is 11.3 Å². The van der Waals surface area contributed by atoms with Gasteiger partial charge in [0.25, 0.3) is 0 Å². The lowest BCUT2D eigenvalue weighted by molar-refractivity contribution is 0.0982. The van der Waals surface area contributed by atoms with Crippen molar-refractivity contribution < 1.29 is 4.79 Å². The highest BCUT2D eigenvalue weighted by atomic mass is 79.9. The Bertz CT molecular complexity index is 360. The molecule has 96 valence electrons. The predicted octanol–water partition coefficient (Wildman–Crippen LogP) is 6.21. The molecule has 0 saturated carbocycles. The molecule has 0 spiro atoms. The van der Waals surface area contributed by atoms with E-state index in [-0.39, 0.29) is 5.78 Å². The van der Waals surface area contributed by atoms with Crippen LogP contribution in [0, 0.1) is 0 Å². The second-order valence-electron chi connectivity index (χ2n) is 4.17. The number of hydrogen-bond acceptors (Lipinski definition) is 2. The molecule has 0 radical (unpaired) electrons. The highest BCUT2D eigenvalue weighted by Crippen LogP contribution is 2.33. The van der Waals surface area contributed by atoms with E-state index < -0.39 is 0 Å². The second kappa shape index (κ2) is 8.44. The van der Waals surface area contributed by atoms with E-state index in [4.69, 9.17) is 0 Å². The van der Waals surface area contributed by atoms with Gasteiger partial charge in [0, 0.05) is 16.3 Å². The van der Waals surface area contributed by atoms with Crippen LogP contribution < -0.4 is 0 Å². The maximum atomic E-state index is 11.9. The van der Waals surface area contributed by atoms with E-state index in [1.165, 1.54) is 43.4 Å². The quantitative estimate of drug-likeness (QED) is 0.386. The van der Waals surface area contributed by atoms with Gasteiger partial charge in [0.15, 0.2) is 5.78 Å². The molecule has 0 atom stereocenters. The van der Waals surface area contributed by atoms with Crippen LogP contribution in [0.4, 0.5) is 0 Å². The number of hydrogen-bond donors (Lipinski definition) is 0. The molecule has 1 rings (SSSR count). The highest BCUT2D eigenvalue weighted by Gasteiger charge is 2.14. The largest absolute Gasteiger partial charge is 0.293 e. The predicted molar refractivity (Wildman–Crippen MR) is 82.0 cm³/mol. The molecule has 0 aliphatic rings. The first kappa shape index (κ1) is 15.4. The summed E-state index contributed by atoms with van der Waals surface area (Å²) in [5.74, 6) is 0.267. The van der Waals surface area contributed by atoms with Gasteiger partial charge in [-0.1, -0.05) is 39.0 Å². The van der Waals surface area contributed by atoms with Gasteiger partial charge >= 0.3 is 0 Å². The van der Waals surface area contributed by atoms with Crippen molar-refractivity contribution in [2.75, 3.05) is 0 Å². The third kappa shape index (κ3) is 5.23. The minimum atomic E-state index is 0.267. The standard InChI is InChI=1S/C13H18Br2OS/c1-2-3-4-5-6-7-8-11(16)13-12(15)10(14)9-17-13/h9H,2-8H2,1H3. The van der Waals surface area contributed by atoms with Crippen LogP contribution in [0.5, 0.6) is 0 Å². The van der Waals surface area contributed by atoms with Crippen LogP contribution in [0.15, 0.2) is 14.3 Å². The van der Waals surface area contributed by atoms with Crippen molar-refractivity contribution >= 4 is 49.0 Å². The molecule has 1 aromatic rings. The summed E-state index contributed by atoms with van der Waals surface area (Å²) in [6.45, 7) is 2.22. The van der Waals surface area contributed by atoms with Gasteiger partial charge < -0.3 is 0 Å². The zero-order valence-electron chi connectivity index (χ0n) is 10.1. The Hall–Kier alpha value is 0.330. The minimum Gasteiger partial charge on any atom is -0.293 e. The third-order valence-electron chi connectivity index (χ3n) is 2.70. The first-order valence-corrected chi connectivity index (χ1v) is 8.59. The number of carbonyl (C=O) groups is 1. The molecule has 1 heterocycles. The summed E-state index contributed by atoms with van der Waals surface area (Å²) in [5.41, 5.74) is 0. The summed E-state index contributed by atoms with van der Waals surface area (Å²) in [6.07, 6.45) is 8.03. The average Bonchev–Trinajstić information content (AvgIpc) is 2.64. The Kier molecular flexibility index (Phi) is 7.64. The third-order valence-corrected chi connectivity index (χ3v) is 6.27. The van der Waals surface area contributed by atoms with Crippen molar-refractivity contribution in [2.24, 2.45) is 0 Å². The fraction of sp³-hybridized carbons (Fsp3) is 0.615. The van der Waals surface area contributed by atoms with E-state index in [9.17, 15) is 4.79 Å². The summed E-state index contributed by atoms with van der Waals surface area (Å²) in [7, 11) is 0. The second-order valence-corrected chi connectivity index (χ2v) is 6.69. The molecule has 0 saturated heterocycles. The SMILES string of the molecule is CCCCCCCCC(=O)c1scc(Br)c1Br. The molecule has 0 bridgehead atoms. The molecule has 0 fully saturated rings. The Labute approximate surface area is 124 Å². The van der Waals surface area contributed by atoms with E-state index in [1.54, 1.807) is 0 Å². The fourth-order valence-electron chi connectivity index (χ4n) is 1.69. The molecular weight excluding hydrogens is 364 g/mol. The van der Waals surface area contributed by atoms with E-state index >= 15 is 0 Å². The van der Waals surface area contributed by atoms with Crippen LogP contribution in [-0.4, -0.2) is 5.78 Å². The topological polar surface area (TPSA) is 17.1 Å². The minimum absolute atomic E-state index is 0.267. The summed E-state index contributed by atoms with van der Waals surface area (Å²) in [4.78, 5) is 12.8. The molecule has 0 aliphatic carbocycles. The zero-order chi connectivity index (χ0) is 12.7. The van der Waals surface area contributed by atoms with Crippen LogP contribution in [0.2, 0.25) is 0 Å². The van der Waals surface area contributed by atoms with Gasteiger partial charge in [-0.2, -0.15) is 0 Å². The van der Waals surface area contributed by atoms with Crippen molar-refractivity contribution in [3.63, 3.8) is 0 Å². The van der Waals surface area contributed by atoms with Crippen LogP contribution in [-0.2, 0) is 0 Å². The summed E-state index contributed by atoms with van der Waals surface area (Å²) in [6, 6.07) is 0. The number of ketones is 1. The lowest BCUT2D eigenvalue weighted by Gasteiger charge is -2.00. The van der Waals surface area contributed by atoms with Gasteiger partial charge in [0.2, 0.25) is 0 Å². The number of thiophene rings is 1. The normalized spacial score (nSPS) is 10.8. The number of Topliss-reactive ketones (excluding diaryl/α,β-unsaturated/α-hetero) is 1. The van der Waals surface area contributed by atoms with Gasteiger partial charge in [0.1, 0.15) is 0 Å². The molecule has 4 heteroatoms. The number of rotatable bonds is 8. The first-order chi connectivity index (χ1) is 8.16. The van der Waals surface area contributed by atoms with Crippen molar-refractivity contribution in [1.82, 2.24) is 0 Å². The number of unbranched alkanes of at least 4 members (excludes halogenated alkanes) is 5. The molecule has 0 aromatic carbocycles. The molecule has 1 aromatic heterocycles. The Morgan fingerprint density at radius 2 is 1.82 bits per heavy atom. The Morgan fingerprint density at radius 3 is 2.41 bits per heavy atom. The first-order valence-electron chi connectivity index (χ1n) is 6.12. The molecule has 0 amide bonds. The van der Waals surface area contributed by atoms with Crippen LogP contribution in [0.3, 0.4) is 0 Å². The van der Waals surface area contributed by atoms with Crippen molar-refractivity contribution in [2.45, 2.75) is 51.9 Å². The van der Waals surface area contributed by atoms with E-state index in [0.717, 1.165) is 20.2 Å². The number of halogens is 2. The summed E-state index contributed by atoms with van der Waals surface area (Å²) in [5, 5.41) is 1.96. The van der Waals surface area contributed by atoms with Crippen LogP contribution >= 0.6 is 43.2 Å². The number of carbonyl (C=O) groups excluding carboxylic acids is 1. The average molecular weight is 382 g/mol. The van der Waals surface area contributed by atoms with Crippen molar-refractivity contribution in [3.05, 3.63) is 19.2 Å². The molecule has 0 N–H and O–H groups in total. The van der Waals surface area contributed by atoms with Gasteiger partial charge in [0.05, 0.1) is 9.35 Å². The van der Waals surface area contributed by atoms with E-state index in [0.29, 0.717) is 6.42 Å². The molecule has 17 heavy (non-hydrogen) atoms. The maximum absolute atomic E-state index is 11.9. The fourth-order valence-corrected chi connectivity index (χ4v) is 3.85. The molecule has 0 unspecified atom stereocenters. The highest BCUT2D eigenvalue weighted by molar-refractivity contribution is 9.13. The lowest BCUT2D eigenvalue weighted by atomic mass is 10.1. The summed E-state index contributed by atoms with van der Waals surface area (Å²) < 4.78 is 1.90. The monoisotopic (exact) mass is 380 g/mol. The molecule has 1 nitrogen and oxygen atoms in total. The van der Waals surface area contributed by atoms with Gasteiger partial charge in [-0.05, 0) is 38.3 Å². The Morgan fingerprint density at radius 1 is 1.18 bits per heavy atom. The lowest BCUT2D eigenvalue weighted by Crippen LogP contribution is -1.96.